The van der Waals surface area contributed by atoms with Crippen molar-refractivity contribution in [3.8, 4) is 0 Å². The summed E-state index contributed by atoms with van der Waals surface area (Å²) in [6.07, 6.45) is 11.4. The standard InChI is InChI=1S/C28H35IO3/c1-17(30)23-9-10-24-22-8-7-19-16-21(32-26(31)18-5-4-6-20(29)15-18)11-13-27(19,2)25(22)12-14-28(23,24)3/h4-6,9,15,19,21-22,24-25H,7-8,10-14,16H2,1-3H3/t19-,21+,22-,24-,25-,27-,28+/m0/s1. The maximum atomic E-state index is 12.7. The number of Topliss-reactive ketones (excluding diaryl/α,β-unsaturated/α-hetero) is 1. The smallest absolute Gasteiger partial charge is 0.338 e. The molecular formula is C28H35IO3. The van der Waals surface area contributed by atoms with Crippen molar-refractivity contribution in [3.63, 3.8) is 0 Å². The number of hydrogen-bond donors (Lipinski definition) is 0. The van der Waals surface area contributed by atoms with Crippen molar-refractivity contribution >= 4 is 34.3 Å². The second-order valence-electron chi connectivity index (χ2n) is 11.3. The average Bonchev–Trinajstić information content (AvgIpc) is 3.11. The molecule has 0 aliphatic heterocycles. The van der Waals surface area contributed by atoms with Crippen LogP contribution in [0.3, 0.4) is 0 Å². The number of ether oxygens (including phenoxy) is 1. The van der Waals surface area contributed by atoms with Gasteiger partial charge in [-0.1, -0.05) is 26.0 Å². The van der Waals surface area contributed by atoms with Crippen LogP contribution in [0.4, 0.5) is 0 Å². The minimum absolute atomic E-state index is 0.0429. The van der Waals surface area contributed by atoms with E-state index in [9.17, 15) is 9.59 Å². The summed E-state index contributed by atoms with van der Waals surface area (Å²) in [6.45, 7) is 6.65. The molecule has 0 spiro atoms. The number of fused-ring (bicyclic) bond motifs is 5. The maximum absolute atomic E-state index is 12.7. The monoisotopic (exact) mass is 546 g/mol. The highest BCUT2D eigenvalue weighted by Crippen LogP contribution is 2.66. The summed E-state index contributed by atoms with van der Waals surface area (Å²) < 4.78 is 7.06. The molecule has 3 nitrogen and oxygen atoms in total. The second-order valence-corrected chi connectivity index (χ2v) is 12.6. The molecule has 4 heteroatoms. The van der Waals surface area contributed by atoms with Crippen molar-refractivity contribution in [3.05, 3.63) is 45.0 Å². The Hall–Kier alpha value is -1.17. The molecule has 0 N–H and O–H groups in total. The van der Waals surface area contributed by atoms with Crippen molar-refractivity contribution in [2.75, 3.05) is 0 Å². The number of hydrogen-bond acceptors (Lipinski definition) is 3. The van der Waals surface area contributed by atoms with E-state index >= 15 is 0 Å². The molecule has 32 heavy (non-hydrogen) atoms. The minimum atomic E-state index is -0.173. The van der Waals surface area contributed by atoms with Gasteiger partial charge in [-0.15, -0.1) is 0 Å². The molecule has 0 heterocycles. The first kappa shape index (κ1) is 22.6. The van der Waals surface area contributed by atoms with E-state index < -0.39 is 0 Å². The zero-order valence-corrected chi connectivity index (χ0v) is 21.7. The van der Waals surface area contributed by atoms with E-state index in [1.807, 2.05) is 24.3 Å². The number of carbonyl (C=O) groups is 2. The Morgan fingerprint density at radius 1 is 1.06 bits per heavy atom. The molecule has 4 aliphatic carbocycles. The third-order valence-electron chi connectivity index (χ3n) is 9.91. The van der Waals surface area contributed by atoms with E-state index in [0.717, 1.165) is 53.1 Å². The van der Waals surface area contributed by atoms with Crippen LogP contribution >= 0.6 is 22.6 Å². The lowest BCUT2D eigenvalue weighted by Gasteiger charge is -2.60. The van der Waals surface area contributed by atoms with Crippen LogP contribution < -0.4 is 0 Å². The van der Waals surface area contributed by atoms with Crippen LogP contribution in [0.15, 0.2) is 35.9 Å². The normalized spacial score (nSPS) is 40.5. The van der Waals surface area contributed by atoms with E-state index in [0.29, 0.717) is 22.8 Å². The summed E-state index contributed by atoms with van der Waals surface area (Å²) in [6, 6.07) is 7.68. The molecule has 1 aromatic rings. The molecule has 3 saturated carbocycles. The van der Waals surface area contributed by atoms with E-state index in [-0.39, 0.29) is 23.3 Å². The molecule has 1 aromatic carbocycles. The second kappa shape index (κ2) is 8.25. The van der Waals surface area contributed by atoms with E-state index in [4.69, 9.17) is 4.74 Å². The SMILES string of the molecule is CC(=O)C1=CC[C@H]2[C@@H]3CC[C@H]4C[C@H](OC(=O)c5cccc(I)c5)CC[C@]4(C)[C@H]3CC[C@]12C. The highest BCUT2D eigenvalue weighted by molar-refractivity contribution is 14.1. The van der Waals surface area contributed by atoms with Gasteiger partial charge in [-0.05, 0) is 139 Å². The third-order valence-corrected chi connectivity index (χ3v) is 10.6. The Labute approximate surface area is 205 Å². The zero-order valence-electron chi connectivity index (χ0n) is 19.5. The highest BCUT2D eigenvalue weighted by Gasteiger charge is 2.59. The molecule has 0 unspecified atom stereocenters. The lowest BCUT2D eigenvalue weighted by molar-refractivity contribution is -0.125. The first-order valence-corrected chi connectivity index (χ1v) is 13.5. The first-order chi connectivity index (χ1) is 15.2. The number of rotatable bonds is 3. The topological polar surface area (TPSA) is 43.4 Å². The van der Waals surface area contributed by atoms with Crippen LogP contribution in [-0.4, -0.2) is 17.9 Å². The zero-order chi connectivity index (χ0) is 22.7. The Balaban J connectivity index is 1.28. The molecule has 7 atom stereocenters. The third kappa shape index (κ3) is 3.59. The van der Waals surface area contributed by atoms with Crippen molar-refractivity contribution < 1.29 is 14.3 Å². The fourth-order valence-electron chi connectivity index (χ4n) is 8.27. The average molecular weight is 546 g/mol. The van der Waals surface area contributed by atoms with E-state index in [1.165, 1.54) is 19.3 Å². The predicted molar refractivity (Wildman–Crippen MR) is 134 cm³/mol. The van der Waals surface area contributed by atoms with Gasteiger partial charge in [0.05, 0.1) is 5.56 Å². The van der Waals surface area contributed by atoms with Gasteiger partial charge in [0.1, 0.15) is 6.10 Å². The van der Waals surface area contributed by atoms with Crippen LogP contribution in [0.1, 0.15) is 82.5 Å². The summed E-state index contributed by atoms with van der Waals surface area (Å²) in [7, 11) is 0. The molecule has 0 radical (unpaired) electrons. The molecule has 0 bridgehead atoms. The molecule has 0 aromatic heterocycles. The van der Waals surface area contributed by atoms with Gasteiger partial charge >= 0.3 is 5.97 Å². The number of carbonyl (C=O) groups excluding carboxylic acids is 2. The molecule has 4 aliphatic rings. The lowest BCUT2D eigenvalue weighted by Crippen LogP contribution is -2.54. The van der Waals surface area contributed by atoms with Crippen molar-refractivity contribution in [1.82, 2.24) is 0 Å². The predicted octanol–water partition coefficient (Wildman–Crippen LogP) is 6.98. The van der Waals surface area contributed by atoms with Crippen LogP contribution in [0.25, 0.3) is 0 Å². The van der Waals surface area contributed by atoms with E-state index in [2.05, 4.69) is 42.5 Å². The van der Waals surface area contributed by atoms with Gasteiger partial charge in [0.25, 0.3) is 0 Å². The Morgan fingerprint density at radius 2 is 1.88 bits per heavy atom. The molecule has 0 saturated heterocycles. The molecule has 5 rings (SSSR count). The number of benzene rings is 1. The highest BCUT2D eigenvalue weighted by atomic mass is 127. The first-order valence-electron chi connectivity index (χ1n) is 12.4. The summed E-state index contributed by atoms with van der Waals surface area (Å²) >= 11 is 2.24. The van der Waals surface area contributed by atoms with Crippen LogP contribution in [0, 0.1) is 38.1 Å². The van der Waals surface area contributed by atoms with Gasteiger partial charge < -0.3 is 4.74 Å². The van der Waals surface area contributed by atoms with Crippen LogP contribution in [-0.2, 0) is 9.53 Å². The summed E-state index contributed by atoms with van der Waals surface area (Å²) in [5, 5.41) is 0. The fourth-order valence-corrected chi connectivity index (χ4v) is 8.82. The van der Waals surface area contributed by atoms with E-state index in [1.54, 1.807) is 6.92 Å². The summed E-state index contributed by atoms with van der Waals surface area (Å²) in [5.74, 6) is 2.85. The van der Waals surface area contributed by atoms with Gasteiger partial charge in [0.15, 0.2) is 5.78 Å². The number of esters is 1. The van der Waals surface area contributed by atoms with Gasteiger partial charge in [0, 0.05) is 3.57 Å². The van der Waals surface area contributed by atoms with Crippen LogP contribution in [0.2, 0.25) is 0 Å². The van der Waals surface area contributed by atoms with Gasteiger partial charge in [-0.3, -0.25) is 4.79 Å². The van der Waals surface area contributed by atoms with Crippen molar-refractivity contribution in [2.45, 2.75) is 78.2 Å². The Kier molecular flexibility index (Phi) is 5.83. The number of allylic oxidation sites excluding steroid dienone is 2. The van der Waals surface area contributed by atoms with Gasteiger partial charge in [-0.2, -0.15) is 0 Å². The Bertz CT molecular complexity index is 967. The van der Waals surface area contributed by atoms with Gasteiger partial charge in [0.2, 0.25) is 0 Å². The van der Waals surface area contributed by atoms with Crippen molar-refractivity contribution in [1.29, 1.82) is 0 Å². The molecule has 0 amide bonds. The van der Waals surface area contributed by atoms with Crippen LogP contribution in [0.5, 0.6) is 0 Å². The quantitative estimate of drug-likeness (QED) is 0.303. The largest absolute Gasteiger partial charge is 0.459 e. The number of ketones is 1. The molecular weight excluding hydrogens is 511 g/mol. The molecule has 172 valence electrons. The summed E-state index contributed by atoms with van der Waals surface area (Å²) in [5.41, 5.74) is 2.21. The Morgan fingerprint density at radius 3 is 2.62 bits per heavy atom. The van der Waals surface area contributed by atoms with Crippen molar-refractivity contribution in [2.24, 2.45) is 34.5 Å². The lowest BCUT2D eigenvalue weighted by atomic mass is 9.44. The number of halogens is 1. The minimum Gasteiger partial charge on any atom is -0.459 e. The summed E-state index contributed by atoms with van der Waals surface area (Å²) in [4.78, 5) is 25.0. The molecule has 3 fully saturated rings. The fraction of sp³-hybridized carbons (Fsp3) is 0.643. The van der Waals surface area contributed by atoms with Gasteiger partial charge in [-0.25, -0.2) is 4.79 Å². The maximum Gasteiger partial charge on any atom is 0.338 e.